The Morgan fingerprint density at radius 3 is 1.88 bits per heavy atom. The maximum atomic E-state index is 6.11. The number of anilines is 2. The van der Waals surface area contributed by atoms with Gasteiger partial charge in [0, 0.05) is 11.4 Å². The molecule has 0 atom stereocenters. The van der Waals surface area contributed by atoms with E-state index in [9.17, 15) is 0 Å². The van der Waals surface area contributed by atoms with Crippen LogP contribution in [0.2, 0.25) is 0 Å². The normalized spacial score (nSPS) is 11.2. The molecule has 0 unspecified atom stereocenters. The second-order valence-electron chi connectivity index (χ2n) is 6.18. The number of hydrogen-bond donors (Lipinski definition) is 2. The van der Waals surface area contributed by atoms with Gasteiger partial charge < -0.3 is 11.5 Å². The standard InChI is InChI=1S/C22H20N2/c1-2-17-20-12-15(23)8-10-18(20)19-11-9-16(24)13-21(19)22(17)14-6-4-3-5-7-14/h3-13H,2,23-24H2,1H3. The molecule has 0 saturated carbocycles. The number of nitrogens with two attached hydrogens (primary N) is 2. The molecule has 0 spiro atoms. The van der Waals surface area contributed by atoms with Gasteiger partial charge in [-0.05, 0) is 68.9 Å². The van der Waals surface area contributed by atoms with Gasteiger partial charge in [0.25, 0.3) is 0 Å². The third-order valence-electron chi connectivity index (χ3n) is 4.69. The summed E-state index contributed by atoms with van der Waals surface area (Å²) in [5.41, 5.74) is 17.6. The van der Waals surface area contributed by atoms with Crippen molar-refractivity contribution >= 4 is 32.9 Å². The number of hydrogen-bond acceptors (Lipinski definition) is 2. The van der Waals surface area contributed by atoms with E-state index in [2.05, 4.69) is 55.5 Å². The summed E-state index contributed by atoms with van der Waals surface area (Å²) >= 11 is 0. The van der Waals surface area contributed by atoms with Crippen molar-refractivity contribution in [2.24, 2.45) is 0 Å². The second-order valence-corrected chi connectivity index (χ2v) is 6.18. The summed E-state index contributed by atoms with van der Waals surface area (Å²) in [5.74, 6) is 0. The van der Waals surface area contributed by atoms with Crippen LogP contribution >= 0.6 is 0 Å². The molecule has 0 aliphatic carbocycles. The quantitative estimate of drug-likeness (QED) is 0.385. The smallest absolute Gasteiger partial charge is 0.0320 e. The van der Waals surface area contributed by atoms with Crippen molar-refractivity contribution in [3.63, 3.8) is 0 Å². The van der Waals surface area contributed by atoms with Crippen molar-refractivity contribution in [1.29, 1.82) is 0 Å². The minimum atomic E-state index is 0.788. The van der Waals surface area contributed by atoms with Gasteiger partial charge in [0.1, 0.15) is 0 Å². The molecular weight excluding hydrogens is 292 g/mol. The van der Waals surface area contributed by atoms with Crippen molar-refractivity contribution < 1.29 is 0 Å². The second kappa shape index (κ2) is 5.57. The lowest BCUT2D eigenvalue weighted by Gasteiger charge is -2.18. The van der Waals surface area contributed by atoms with Crippen molar-refractivity contribution in [2.75, 3.05) is 11.5 Å². The molecule has 4 rings (SSSR count). The fourth-order valence-corrected chi connectivity index (χ4v) is 3.65. The zero-order valence-corrected chi connectivity index (χ0v) is 13.7. The van der Waals surface area contributed by atoms with E-state index in [1.165, 1.54) is 38.2 Å². The van der Waals surface area contributed by atoms with E-state index < -0.39 is 0 Å². The van der Waals surface area contributed by atoms with Crippen LogP contribution in [0.4, 0.5) is 11.4 Å². The molecule has 0 radical (unpaired) electrons. The Kier molecular flexibility index (Phi) is 3.39. The van der Waals surface area contributed by atoms with E-state index in [-0.39, 0.29) is 0 Å². The summed E-state index contributed by atoms with van der Waals surface area (Å²) in [6.07, 6.45) is 0.939. The molecule has 0 aliphatic rings. The van der Waals surface area contributed by atoms with Gasteiger partial charge in [-0.1, -0.05) is 49.4 Å². The highest BCUT2D eigenvalue weighted by atomic mass is 14.5. The minimum Gasteiger partial charge on any atom is -0.399 e. The summed E-state index contributed by atoms with van der Waals surface area (Å²) < 4.78 is 0. The summed E-state index contributed by atoms with van der Waals surface area (Å²) in [6.45, 7) is 2.20. The Bertz CT molecular complexity index is 1050. The molecular formula is C22H20N2. The highest BCUT2D eigenvalue weighted by molar-refractivity contribution is 6.17. The van der Waals surface area contributed by atoms with Crippen LogP contribution in [0.5, 0.6) is 0 Å². The molecule has 0 amide bonds. The Hall–Kier alpha value is -3.00. The van der Waals surface area contributed by atoms with Crippen molar-refractivity contribution in [2.45, 2.75) is 13.3 Å². The lowest BCUT2D eigenvalue weighted by molar-refractivity contribution is 1.17. The Labute approximate surface area is 141 Å². The topological polar surface area (TPSA) is 52.0 Å². The fourth-order valence-electron chi connectivity index (χ4n) is 3.65. The Balaban J connectivity index is 2.27. The third-order valence-corrected chi connectivity index (χ3v) is 4.69. The van der Waals surface area contributed by atoms with Crippen molar-refractivity contribution in [3.8, 4) is 11.1 Å². The van der Waals surface area contributed by atoms with Crippen LogP contribution in [-0.4, -0.2) is 0 Å². The number of nitrogen functional groups attached to an aromatic ring is 2. The van der Waals surface area contributed by atoms with Crippen LogP contribution < -0.4 is 11.5 Å². The molecule has 4 N–H and O–H groups in total. The Morgan fingerprint density at radius 1 is 0.667 bits per heavy atom. The average Bonchev–Trinajstić information content (AvgIpc) is 2.61. The number of rotatable bonds is 2. The molecule has 0 heterocycles. The fraction of sp³-hybridized carbons (Fsp3) is 0.0909. The van der Waals surface area contributed by atoms with Gasteiger partial charge in [-0.15, -0.1) is 0 Å². The van der Waals surface area contributed by atoms with Gasteiger partial charge in [-0.3, -0.25) is 0 Å². The van der Waals surface area contributed by atoms with E-state index in [4.69, 9.17) is 11.5 Å². The van der Waals surface area contributed by atoms with Gasteiger partial charge in [0.2, 0.25) is 0 Å². The SMILES string of the molecule is CCc1c(-c2ccccc2)c2cc(N)ccc2c2ccc(N)cc12. The van der Waals surface area contributed by atoms with E-state index in [1.807, 2.05) is 18.2 Å². The van der Waals surface area contributed by atoms with Gasteiger partial charge in [-0.25, -0.2) is 0 Å². The largest absolute Gasteiger partial charge is 0.399 e. The third kappa shape index (κ3) is 2.19. The maximum absolute atomic E-state index is 6.11. The molecule has 0 bridgehead atoms. The highest BCUT2D eigenvalue weighted by Crippen LogP contribution is 2.40. The van der Waals surface area contributed by atoms with E-state index >= 15 is 0 Å². The van der Waals surface area contributed by atoms with Crippen molar-refractivity contribution in [3.05, 3.63) is 72.3 Å². The van der Waals surface area contributed by atoms with Crippen LogP contribution in [0.1, 0.15) is 12.5 Å². The number of fused-ring (bicyclic) bond motifs is 3. The van der Waals surface area contributed by atoms with Crippen molar-refractivity contribution in [1.82, 2.24) is 0 Å². The summed E-state index contributed by atoms with van der Waals surface area (Å²) in [4.78, 5) is 0. The first-order valence-electron chi connectivity index (χ1n) is 8.27. The molecule has 0 fully saturated rings. The summed E-state index contributed by atoms with van der Waals surface area (Å²) in [7, 11) is 0. The predicted octanol–water partition coefficient (Wildman–Crippen LogP) is 5.39. The predicted molar refractivity (Wildman–Crippen MR) is 105 cm³/mol. The highest BCUT2D eigenvalue weighted by Gasteiger charge is 2.15. The first-order valence-corrected chi connectivity index (χ1v) is 8.27. The molecule has 118 valence electrons. The zero-order chi connectivity index (χ0) is 16.7. The van der Waals surface area contributed by atoms with Gasteiger partial charge in [0.15, 0.2) is 0 Å². The van der Waals surface area contributed by atoms with Crippen LogP contribution in [-0.2, 0) is 6.42 Å². The van der Waals surface area contributed by atoms with E-state index in [0.29, 0.717) is 0 Å². The molecule has 24 heavy (non-hydrogen) atoms. The lowest BCUT2D eigenvalue weighted by atomic mass is 9.86. The van der Waals surface area contributed by atoms with Gasteiger partial charge in [-0.2, -0.15) is 0 Å². The molecule has 0 aromatic heterocycles. The lowest BCUT2D eigenvalue weighted by Crippen LogP contribution is -1.96. The van der Waals surface area contributed by atoms with Crippen LogP contribution in [0.15, 0.2) is 66.7 Å². The minimum absolute atomic E-state index is 0.788. The molecule has 4 aromatic rings. The summed E-state index contributed by atoms with van der Waals surface area (Å²) in [6, 6.07) is 22.9. The van der Waals surface area contributed by atoms with Crippen LogP contribution in [0.25, 0.3) is 32.7 Å². The molecule has 4 aromatic carbocycles. The van der Waals surface area contributed by atoms with Crippen LogP contribution in [0.3, 0.4) is 0 Å². The number of benzene rings is 4. The van der Waals surface area contributed by atoms with Crippen LogP contribution in [0, 0.1) is 0 Å². The summed E-state index contributed by atoms with van der Waals surface area (Å²) in [5, 5.41) is 4.88. The average molecular weight is 312 g/mol. The molecule has 2 heteroatoms. The van der Waals surface area contributed by atoms with E-state index in [1.54, 1.807) is 0 Å². The maximum Gasteiger partial charge on any atom is 0.0320 e. The number of aryl methyl sites for hydroxylation is 1. The van der Waals surface area contributed by atoms with Gasteiger partial charge in [0.05, 0.1) is 0 Å². The first kappa shape index (κ1) is 14.6. The van der Waals surface area contributed by atoms with Gasteiger partial charge >= 0.3 is 0 Å². The van der Waals surface area contributed by atoms with E-state index in [0.717, 1.165) is 17.8 Å². The monoisotopic (exact) mass is 312 g/mol. The first-order chi connectivity index (χ1) is 11.7. The zero-order valence-electron chi connectivity index (χ0n) is 13.7. The molecule has 2 nitrogen and oxygen atoms in total. The molecule has 0 aliphatic heterocycles. The molecule has 0 saturated heterocycles. The Morgan fingerprint density at radius 2 is 1.25 bits per heavy atom.